The van der Waals surface area contributed by atoms with Crippen LogP contribution < -0.4 is 0 Å². The summed E-state index contributed by atoms with van der Waals surface area (Å²) in [6.45, 7) is 2.26. The molecule has 2 unspecified atom stereocenters. The highest BCUT2D eigenvalue weighted by atomic mass is 16.5. The van der Waals surface area contributed by atoms with Crippen molar-refractivity contribution in [1.29, 1.82) is 0 Å². The first-order valence-corrected chi connectivity index (χ1v) is 4.82. The van der Waals surface area contributed by atoms with Gasteiger partial charge in [0.1, 0.15) is 0 Å². The fraction of sp³-hybridized carbons (Fsp3) is 0.700. The van der Waals surface area contributed by atoms with E-state index in [4.69, 9.17) is 9.47 Å². The molecule has 0 radical (unpaired) electrons. The first kappa shape index (κ1) is 8.75. The smallest absolute Gasteiger partial charge is 0.330 e. The Kier molecular flexibility index (Phi) is 2.36. The van der Waals surface area contributed by atoms with Gasteiger partial charge in [-0.15, -0.1) is 0 Å². The molecular formula is C10H14O3. The molecule has 13 heavy (non-hydrogen) atoms. The molecule has 2 atom stereocenters. The molecule has 2 aliphatic rings. The Labute approximate surface area is 77.7 Å². The summed E-state index contributed by atoms with van der Waals surface area (Å²) in [6, 6.07) is 0. The summed E-state index contributed by atoms with van der Waals surface area (Å²) >= 11 is 0. The van der Waals surface area contributed by atoms with Crippen molar-refractivity contribution in [2.75, 3.05) is 6.61 Å². The SMILES string of the molecule is CCOC(=O)/C=C1\CC2CCC1O2. The van der Waals surface area contributed by atoms with Crippen LogP contribution in [0.3, 0.4) is 0 Å². The lowest BCUT2D eigenvalue weighted by Gasteiger charge is -2.08. The molecule has 0 aromatic carbocycles. The summed E-state index contributed by atoms with van der Waals surface area (Å²) < 4.78 is 10.4. The number of carbonyl (C=O) groups is 1. The fourth-order valence-electron chi connectivity index (χ4n) is 2.01. The summed E-state index contributed by atoms with van der Waals surface area (Å²) in [6.07, 6.45) is 5.30. The Hall–Kier alpha value is -0.830. The van der Waals surface area contributed by atoms with Gasteiger partial charge in [-0.05, 0) is 31.8 Å². The van der Waals surface area contributed by atoms with E-state index in [2.05, 4.69) is 0 Å². The number of hydrogen-bond donors (Lipinski definition) is 0. The molecule has 3 heteroatoms. The first-order valence-electron chi connectivity index (χ1n) is 4.82. The first-order chi connectivity index (χ1) is 6.29. The van der Waals surface area contributed by atoms with Crippen molar-refractivity contribution in [3.63, 3.8) is 0 Å². The molecule has 0 aliphatic carbocycles. The zero-order valence-electron chi connectivity index (χ0n) is 7.79. The molecule has 2 aliphatic heterocycles. The van der Waals surface area contributed by atoms with Crippen LogP contribution in [-0.4, -0.2) is 24.8 Å². The monoisotopic (exact) mass is 182 g/mol. The summed E-state index contributed by atoms with van der Waals surface area (Å²) in [5.74, 6) is -0.228. The van der Waals surface area contributed by atoms with Crippen molar-refractivity contribution in [1.82, 2.24) is 0 Å². The lowest BCUT2D eigenvalue weighted by molar-refractivity contribution is -0.137. The van der Waals surface area contributed by atoms with Crippen molar-refractivity contribution in [2.24, 2.45) is 0 Å². The van der Waals surface area contributed by atoms with Gasteiger partial charge in [0.2, 0.25) is 0 Å². The predicted molar refractivity (Wildman–Crippen MR) is 47.2 cm³/mol. The maximum atomic E-state index is 11.1. The molecule has 0 aromatic rings. The second kappa shape index (κ2) is 3.50. The van der Waals surface area contributed by atoms with Gasteiger partial charge in [0.25, 0.3) is 0 Å². The highest BCUT2D eigenvalue weighted by molar-refractivity contribution is 5.83. The lowest BCUT2D eigenvalue weighted by atomic mass is 9.95. The van der Waals surface area contributed by atoms with E-state index in [0.29, 0.717) is 12.7 Å². The van der Waals surface area contributed by atoms with Gasteiger partial charge in [0, 0.05) is 6.08 Å². The average molecular weight is 182 g/mol. The molecule has 2 fully saturated rings. The van der Waals surface area contributed by atoms with Gasteiger partial charge >= 0.3 is 5.97 Å². The second-order valence-electron chi connectivity index (χ2n) is 3.50. The van der Waals surface area contributed by atoms with Crippen molar-refractivity contribution in [3.8, 4) is 0 Å². The van der Waals surface area contributed by atoms with Gasteiger partial charge in [-0.1, -0.05) is 0 Å². The molecule has 0 saturated carbocycles. The number of carbonyl (C=O) groups excluding carboxylic acids is 1. The number of hydrogen-bond acceptors (Lipinski definition) is 3. The zero-order valence-corrected chi connectivity index (χ0v) is 7.79. The Morgan fingerprint density at radius 3 is 3.08 bits per heavy atom. The normalized spacial score (nSPS) is 34.1. The minimum absolute atomic E-state index is 0.203. The van der Waals surface area contributed by atoms with Gasteiger partial charge in [-0.2, -0.15) is 0 Å². The maximum absolute atomic E-state index is 11.1. The number of rotatable bonds is 2. The van der Waals surface area contributed by atoms with Crippen LogP contribution in [0, 0.1) is 0 Å². The Morgan fingerprint density at radius 2 is 2.54 bits per heavy atom. The highest BCUT2D eigenvalue weighted by Gasteiger charge is 2.36. The molecule has 0 spiro atoms. The van der Waals surface area contributed by atoms with Crippen molar-refractivity contribution in [2.45, 2.75) is 38.4 Å². The fourth-order valence-corrected chi connectivity index (χ4v) is 2.01. The highest BCUT2D eigenvalue weighted by Crippen LogP contribution is 2.38. The number of esters is 1. The van der Waals surface area contributed by atoms with E-state index in [-0.39, 0.29) is 12.1 Å². The minimum atomic E-state index is -0.228. The second-order valence-corrected chi connectivity index (χ2v) is 3.50. The van der Waals surface area contributed by atoms with Crippen molar-refractivity contribution < 1.29 is 14.3 Å². The van der Waals surface area contributed by atoms with Gasteiger partial charge < -0.3 is 9.47 Å². The molecular weight excluding hydrogens is 168 g/mol. The third kappa shape index (κ3) is 1.75. The molecule has 0 amide bonds. The lowest BCUT2D eigenvalue weighted by Crippen LogP contribution is -2.09. The van der Waals surface area contributed by atoms with Crippen molar-refractivity contribution >= 4 is 5.97 Å². The van der Waals surface area contributed by atoms with Gasteiger partial charge in [0.15, 0.2) is 0 Å². The molecule has 2 heterocycles. The average Bonchev–Trinajstić information content (AvgIpc) is 2.65. The Morgan fingerprint density at radius 1 is 1.69 bits per heavy atom. The third-order valence-corrected chi connectivity index (χ3v) is 2.57. The van der Waals surface area contributed by atoms with E-state index < -0.39 is 0 Å². The Balaban J connectivity index is 1.97. The van der Waals surface area contributed by atoms with Gasteiger partial charge in [-0.3, -0.25) is 0 Å². The maximum Gasteiger partial charge on any atom is 0.330 e. The molecule has 2 saturated heterocycles. The van der Waals surface area contributed by atoms with Crippen LogP contribution in [0.1, 0.15) is 26.2 Å². The van der Waals surface area contributed by atoms with Crippen LogP contribution in [0.25, 0.3) is 0 Å². The van der Waals surface area contributed by atoms with Gasteiger partial charge in [-0.25, -0.2) is 4.79 Å². The van der Waals surface area contributed by atoms with Crippen LogP contribution in [-0.2, 0) is 14.3 Å². The van der Waals surface area contributed by atoms with Crippen LogP contribution in [0.5, 0.6) is 0 Å². The Bertz CT molecular complexity index is 245. The molecule has 3 nitrogen and oxygen atoms in total. The third-order valence-electron chi connectivity index (χ3n) is 2.57. The quantitative estimate of drug-likeness (QED) is 0.478. The number of fused-ring (bicyclic) bond motifs is 2. The topological polar surface area (TPSA) is 35.5 Å². The van der Waals surface area contributed by atoms with E-state index in [0.717, 1.165) is 24.8 Å². The molecule has 0 aromatic heterocycles. The van der Waals surface area contributed by atoms with Crippen LogP contribution >= 0.6 is 0 Å². The van der Waals surface area contributed by atoms with Crippen molar-refractivity contribution in [3.05, 3.63) is 11.6 Å². The van der Waals surface area contributed by atoms with E-state index in [9.17, 15) is 4.79 Å². The predicted octanol–water partition coefficient (Wildman–Crippen LogP) is 1.43. The molecule has 72 valence electrons. The van der Waals surface area contributed by atoms with Crippen LogP contribution in [0.4, 0.5) is 0 Å². The molecule has 2 bridgehead atoms. The summed E-state index contributed by atoms with van der Waals surface area (Å²) in [4.78, 5) is 11.1. The van der Waals surface area contributed by atoms with E-state index in [1.165, 1.54) is 0 Å². The zero-order chi connectivity index (χ0) is 9.26. The van der Waals surface area contributed by atoms with Crippen LogP contribution in [0.2, 0.25) is 0 Å². The largest absolute Gasteiger partial charge is 0.463 e. The van der Waals surface area contributed by atoms with Gasteiger partial charge in [0.05, 0.1) is 18.8 Å². The van der Waals surface area contributed by atoms with E-state index in [1.54, 1.807) is 6.08 Å². The minimum Gasteiger partial charge on any atom is -0.463 e. The van der Waals surface area contributed by atoms with E-state index >= 15 is 0 Å². The summed E-state index contributed by atoms with van der Waals surface area (Å²) in [5.41, 5.74) is 1.12. The van der Waals surface area contributed by atoms with Crippen LogP contribution in [0.15, 0.2) is 11.6 Å². The molecule has 0 N–H and O–H groups in total. The standard InChI is InChI=1S/C10H14O3/c1-2-12-10(11)6-7-5-8-3-4-9(7)13-8/h6,8-9H,2-5H2,1H3/b7-6+. The number of ether oxygens (including phenoxy) is 2. The summed E-state index contributed by atoms with van der Waals surface area (Å²) in [5, 5.41) is 0. The summed E-state index contributed by atoms with van der Waals surface area (Å²) in [7, 11) is 0. The molecule has 2 rings (SSSR count). The van der Waals surface area contributed by atoms with E-state index in [1.807, 2.05) is 6.92 Å².